The average Bonchev–Trinajstić information content (AvgIpc) is 3.27. The summed E-state index contributed by atoms with van der Waals surface area (Å²) < 4.78 is 0. The second-order valence-corrected chi connectivity index (χ2v) is 13.0. The number of nitrogens with two attached hydrogens (primary N) is 1. The van der Waals surface area contributed by atoms with Crippen molar-refractivity contribution in [1.29, 1.82) is 0 Å². The van der Waals surface area contributed by atoms with E-state index in [2.05, 4.69) is 30.2 Å². The summed E-state index contributed by atoms with van der Waals surface area (Å²) >= 11 is 0. The number of anilines is 2. The van der Waals surface area contributed by atoms with Gasteiger partial charge in [-0.15, -0.1) is 5.10 Å². The molecular formula is C31H34N8O5. The van der Waals surface area contributed by atoms with Gasteiger partial charge in [-0.3, -0.25) is 39.1 Å². The number of aromatic nitrogens is 2. The molecular weight excluding hydrogens is 564 g/mol. The third-order valence-corrected chi connectivity index (χ3v) is 10.9. The van der Waals surface area contributed by atoms with Crippen LogP contribution in [0.25, 0.3) is 0 Å². The van der Waals surface area contributed by atoms with Crippen molar-refractivity contribution in [1.82, 2.24) is 25.3 Å². The maximum atomic E-state index is 13.6. The minimum atomic E-state index is -0.993. The molecule has 1 aromatic carbocycles. The Morgan fingerprint density at radius 3 is 2.52 bits per heavy atom. The van der Waals surface area contributed by atoms with Gasteiger partial charge in [0.2, 0.25) is 11.8 Å². The Labute approximate surface area is 253 Å². The van der Waals surface area contributed by atoms with Gasteiger partial charge in [-0.25, -0.2) is 0 Å². The molecule has 228 valence electrons. The van der Waals surface area contributed by atoms with Crippen LogP contribution in [-0.2, 0) is 9.59 Å². The summed E-state index contributed by atoms with van der Waals surface area (Å²) in [6.45, 7) is 3.71. The lowest BCUT2D eigenvalue weighted by Gasteiger charge is -2.71. The molecule has 44 heavy (non-hydrogen) atoms. The number of benzene rings is 1. The van der Waals surface area contributed by atoms with E-state index in [0.29, 0.717) is 5.56 Å². The van der Waals surface area contributed by atoms with E-state index in [4.69, 9.17) is 5.73 Å². The van der Waals surface area contributed by atoms with Crippen LogP contribution in [-0.4, -0.2) is 99.9 Å². The van der Waals surface area contributed by atoms with Crippen molar-refractivity contribution in [3.05, 3.63) is 47.3 Å². The molecule has 0 saturated carbocycles. The van der Waals surface area contributed by atoms with Crippen LogP contribution in [0.15, 0.2) is 30.5 Å². The highest BCUT2D eigenvalue weighted by Gasteiger charge is 2.64. The molecule has 6 saturated heterocycles. The van der Waals surface area contributed by atoms with Gasteiger partial charge in [0, 0.05) is 36.7 Å². The zero-order valence-electron chi connectivity index (χ0n) is 24.3. The number of carbonyl (C=O) groups excluding carboxylic acids is 5. The molecule has 5 amide bonds. The fourth-order valence-corrected chi connectivity index (χ4v) is 8.90. The average molecular weight is 599 g/mol. The van der Waals surface area contributed by atoms with Crippen LogP contribution in [0.3, 0.4) is 0 Å². The number of nitrogens with one attached hydrogen (secondary N) is 1. The summed E-state index contributed by atoms with van der Waals surface area (Å²) in [4.78, 5) is 71.7. The molecule has 13 nitrogen and oxygen atoms in total. The van der Waals surface area contributed by atoms with Crippen LogP contribution >= 0.6 is 0 Å². The first-order valence-corrected chi connectivity index (χ1v) is 15.5. The Morgan fingerprint density at radius 1 is 0.955 bits per heavy atom. The predicted octanol–water partition coefficient (Wildman–Crippen LogP) is 0.689. The van der Waals surface area contributed by atoms with Gasteiger partial charge in [-0.1, -0.05) is 0 Å². The second kappa shape index (κ2) is 9.81. The van der Waals surface area contributed by atoms with Crippen LogP contribution in [0.1, 0.15) is 76.2 Å². The number of rotatable bonds is 5. The minimum Gasteiger partial charge on any atom is -0.366 e. The first kappa shape index (κ1) is 27.2. The fraction of sp³-hybridized carbons (Fsp3) is 0.516. The highest BCUT2D eigenvalue weighted by atomic mass is 16.2. The van der Waals surface area contributed by atoms with E-state index in [-0.39, 0.29) is 47.6 Å². The Bertz CT molecular complexity index is 1620. The van der Waals surface area contributed by atoms with Crippen LogP contribution in [0.5, 0.6) is 0 Å². The van der Waals surface area contributed by atoms with Crippen molar-refractivity contribution in [2.75, 3.05) is 36.0 Å². The summed E-state index contributed by atoms with van der Waals surface area (Å²) in [6, 6.07) is 6.78. The van der Waals surface area contributed by atoms with Crippen molar-refractivity contribution in [3.8, 4) is 0 Å². The topological polar surface area (TPSA) is 162 Å². The van der Waals surface area contributed by atoms with E-state index >= 15 is 0 Å². The van der Waals surface area contributed by atoms with E-state index < -0.39 is 35.6 Å². The molecule has 2 aromatic rings. The Kier molecular flexibility index (Phi) is 6.06. The van der Waals surface area contributed by atoms with E-state index in [1.165, 1.54) is 0 Å². The summed E-state index contributed by atoms with van der Waals surface area (Å²) in [6.07, 6.45) is 7.09. The van der Waals surface area contributed by atoms with Crippen molar-refractivity contribution in [3.63, 3.8) is 0 Å². The van der Waals surface area contributed by atoms with E-state index in [1.54, 1.807) is 18.3 Å². The maximum absolute atomic E-state index is 13.6. The molecule has 3 N–H and O–H groups in total. The van der Waals surface area contributed by atoms with E-state index in [9.17, 15) is 24.0 Å². The molecule has 2 bridgehead atoms. The second-order valence-electron chi connectivity index (χ2n) is 13.0. The van der Waals surface area contributed by atoms with Gasteiger partial charge in [0.05, 0.1) is 35.1 Å². The fourth-order valence-electron chi connectivity index (χ4n) is 8.90. The number of primary amides is 1. The third kappa shape index (κ3) is 3.84. The van der Waals surface area contributed by atoms with E-state index in [0.717, 1.165) is 74.6 Å². The monoisotopic (exact) mass is 598 g/mol. The van der Waals surface area contributed by atoms with E-state index in [1.807, 2.05) is 12.1 Å². The highest BCUT2D eigenvalue weighted by Crippen LogP contribution is 2.56. The van der Waals surface area contributed by atoms with Crippen LogP contribution in [0, 0.1) is 5.41 Å². The number of hydrogen-bond donors (Lipinski definition) is 2. The highest BCUT2D eigenvalue weighted by molar-refractivity contribution is 6.23. The molecule has 0 aliphatic carbocycles. The van der Waals surface area contributed by atoms with Gasteiger partial charge >= 0.3 is 0 Å². The Morgan fingerprint density at radius 2 is 1.75 bits per heavy atom. The Balaban J connectivity index is 1.12. The molecule has 4 atom stereocenters. The van der Waals surface area contributed by atoms with Crippen LogP contribution < -0.4 is 20.9 Å². The third-order valence-electron chi connectivity index (χ3n) is 10.9. The number of amides is 5. The Hall–Kier alpha value is -4.39. The van der Waals surface area contributed by atoms with Gasteiger partial charge in [0.1, 0.15) is 6.04 Å². The summed E-state index contributed by atoms with van der Waals surface area (Å²) in [5, 5.41) is 10.3. The first-order chi connectivity index (χ1) is 21.3. The minimum absolute atomic E-state index is 0.0825. The van der Waals surface area contributed by atoms with Crippen molar-refractivity contribution < 1.29 is 24.0 Å². The number of imide groups is 2. The summed E-state index contributed by atoms with van der Waals surface area (Å²) in [5.74, 6) is -2.60. The number of carbonyl (C=O) groups is 5. The zero-order valence-corrected chi connectivity index (χ0v) is 24.3. The molecule has 1 spiro atoms. The summed E-state index contributed by atoms with van der Waals surface area (Å²) in [5.41, 5.74) is 8.27. The molecule has 0 radical (unpaired) electrons. The van der Waals surface area contributed by atoms with Crippen LogP contribution in [0.4, 0.5) is 11.4 Å². The van der Waals surface area contributed by atoms with Crippen molar-refractivity contribution in [2.24, 2.45) is 11.1 Å². The van der Waals surface area contributed by atoms with Crippen molar-refractivity contribution in [2.45, 2.75) is 69.1 Å². The van der Waals surface area contributed by atoms with Gasteiger partial charge in [-0.2, -0.15) is 5.10 Å². The lowest BCUT2D eigenvalue weighted by molar-refractivity contribution is -0.136. The molecule has 8 heterocycles. The lowest BCUT2D eigenvalue weighted by atomic mass is 9.57. The molecule has 9 rings (SSSR count). The largest absolute Gasteiger partial charge is 0.366 e. The molecule has 4 unspecified atom stereocenters. The van der Waals surface area contributed by atoms with Gasteiger partial charge < -0.3 is 15.5 Å². The zero-order chi connectivity index (χ0) is 30.3. The van der Waals surface area contributed by atoms with Crippen LogP contribution in [0.2, 0.25) is 0 Å². The quantitative estimate of drug-likeness (QED) is 0.469. The predicted molar refractivity (Wildman–Crippen MR) is 157 cm³/mol. The van der Waals surface area contributed by atoms with Gasteiger partial charge in [-0.05, 0) is 75.9 Å². The molecule has 7 aliphatic rings. The molecule has 6 fully saturated rings. The SMILES string of the molecule is NC(=O)c1nnccc1N1CCCCC1C1C2N(c3ccc4c(c3)C(=O)N(C3CCC(=O)NC3=O)C4=O)CC23CCN1CC3. The van der Waals surface area contributed by atoms with Gasteiger partial charge in [0.25, 0.3) is 17.7 Å². The standard InChI is InChI=1S/C31H34N8O5/c32-27(41)24-20(8-11-33-35-24)37-12-2-1-3-21(37)25-26-31(9-13-36(25)14-10-31)16-38(26)17-4-5-18-19(15-17)30(44)39(29(18)43)22-6-7-23(40)34-28(22)42/h4-5,8,11,15,21-22,25-26H,1-3,6-7,9-10,12-14,16H2,(H2,32,41)(H,34,40,42). The summed E-state index contributed by atoms with van der Waals surface area (Å²) in [7, 11) is 0. The lowest BCUT2D eigenvalue weighted by Crippen LogP contribution is -2.82. The number of nitrogens with zero attached hydrogens (tertiary/aromatic N) is 6. The molecule has 1 aromatic heterocycles. The van der Waals surface area contributed by atoms with Gasteiger partial charge in [0.15, 0.2) is 5.69 Å². The molecule has 13 heteroatoms. The number of piperidine rings is 5. The smallest absolute Gasteiger partial charge is 0.271 e. The maximum Gasteiger partial charge on any atom is 0.271 e. The van der Waals surface area contributed by atoms with Crippen molar-refractivity contribution >= 4 is 40.9 Å². The first-order valence-electron chi connectivity index (χ1n) is 15.5. The molecule has 7 aliphatic heterocycles. The normalized spacial score (nSPS) is 32.7. The number of hydrogen-bond acceptors (Lipinski definition) is 10. The number of fused-ring (bicyclic) bond motifs is 3.